The van der Waals surface area contributed by atoms with Gasteiger partial charge >= 0.3 is 0 Å². The molecule has 0 spiro atoms. The first-order valence-electron chi connectivity index (χ1n) is 3.94. The molecule has 1 aromatic carbocycles. The standard InChI is InChI=1S/C9H11ClO2S/c1-8(10)7-13(11,12)9-5-3-2-4-6-9/h2-6,8H,7H2,1H3. The molecule has 1 unspecified atom stereocenters. The van der Waals surface area contributed by atoms with Crippen LogP contribution in [-0.4, -0.2) is 19.5 Å². The van der Waals surface area contributed by atoms with Gasteiger partial charge < -0.3 is 0 Å². The lowest BCUT2D eigenvalue weighted by Gasteiger charge is -2.04. The van der Waals surface area contributed by atoms with E-state index in [9.17, 15) is 8.42 Å². The molecule has 0 radical (unpaired) electrons. The Morgan fingerprint density at radius 3 is 2.31 bits per heavy atom. The van der Waals surface area contributed by atoms with Crippen LogP contribution in [0.1, 0.15) is 6.92 Å². The average Bonchev–Trinajstić information content (AvgIpc) is 2.04. The van der Waals surface area contributed by atoms with Crippen LogP contribution in [0.2, 0.25) is 0 Å². The molecule has 0 aliphatic heterocycles. The summed E-state index contributed by atoms with van der Waals surface area (Å²) in [7, 11) is -3.19. The molecule has 0 fully saturated rings. The van der Waals surface area contributed by atoms with Crippen molar-refractivity contribution in [3.63, 3.8) is 0 Å². The van der Waals surface area contributed by atoms with Crippen LogP contribution in [0.25, 0.3) is 0 Å². The first-order valence-corrected chi connectivity index (χ1v) is 6.03. The molecule has 0 saturated heterocycles. The Kier molecular flexibility index (Phi) is 3.33. The normalized spacial score (nSPS) is 14.0. The van der Waals surface area contributed by atoms with Crippen molar-refractivity contribution in [2.75, 3.05) is 5.75 Å². The Morgan fingerprint density at radius 1 is 1.31 bits per heavy atom. The van der Waals surface area contributed by atoms with Crippen molar-refractivity contribution in [3.05, 3.63) is 30.3 Å². The summed E-state index contributed by atoms with van der Waals surface area (Å²) in [6.45, 7) is 1.67. The van der Waals surface area contributed by atoms with Gasteiger partial charge in [0.2, 0.25) is 0 Å². The molecule has 0 N–H and O–H groups in total. The smallest absolute Gasteiger partial charge is 0.179 e. The molecule has 72 valence electrons. The molecule has 0 amide bonds. The molecule has 1 aromatic rings. The van der Waals surface area contributed by atoms with Gasteiger partial charge in [0, 0.05) is 5.38 Å². The molecule has 0 aliphatic rings. The lowest BCUT2D eigenvalue weighted by Crippen LogP contribution is -2.13. The Hall–Kier alpha value is -0.540. The van der Waals surface area contributed by atoms with Gasteiger partial charge in [-0.1, -0.05) is 18.2 Å². The summed E-state index contributed by atoms with van der Waals surface area (Å²) in [6.07, 6.45) is 0. The van der Waals surface area contributed by atoms with Crippen LogP contribution in [0.5, 0.6) is 0 Å². The largest absolute Gasteiger partial charge is 0.224 e. The Bertz CT molecular complexity index is 356. The van der Waals surface area contributed by atoms with Crippen molar-refractivity contribution in [2.24, 2.45) is 0 Å². The lowest BCUT2D eigenvalue weighted by molar-refractivity contribution is 0.595. The van der Waals surface area contributed by atoms with E-state index in [-0.39, 0.29) is 11.1 Å². The molecule has 1 rings (SSSR count). The third-order valence-corrected chi connectivity index (χ3v) is 3.82. The van der Waals surface area contributed by atoms with E-state index in [1.165, 1.54) is 0 Å². The first kappa shape index (κ1) is 10.5. The first-order chi connectivity index (χ1) is 6.02. The Balaban J connectivity index is 2.96. The van der Waals surface area contributed by atoms with E-state index in [0.29, 0.717) is 4.90 Å². The van der Waals surface area contributed by atoms with Gasteiger partial charge in [-0.05, 0) is 19.1 Å². The van der Waals surface area contributed by atoms with Gasteiger partial charge in [0.15, 0.2) is 9.84 Å². The molecule has 0 bridgehead atoms. The zero-order valence-corrected chi connectivity index (χ0v) is 8.85. The van der Waals surface area contributed by atoms with Gasteiger partial charge in [-0.25, -0.2) is 8.42 Å². The van der Waals surface area contributed by atoms with E-state index in [2.05, 4.69) is 0 Å². The van der Waals surface area contributed by atoms with Crippen LogP contribution in [0.3, 0.4) is 0 Å². The van der Waals surface area contributed by atoms with E-state index in [1.807, 2.05) is 0 Å². The number of hydrogen-bond acceptors (Lipinski definition) is 2. The summed E-state index contributed by atoms with van der Waals surface area (Å²) >= 11 is 5.63. The number of hydrogen-bond donors (Lipinski definition) is 0. The van der Waals surface area contributed by atoms with E-state index >= 15 is 0 Å². The van der Waals surface area contributed by atoms with Crippen LogP contribution in [0.4, 0.5) is 0 Å². The molecular weight excluding hydrogens is 208 g/mol. The highest BCUT2D eigenvalue weighted by Gasteiger charge is 2.16. The van der Waals surface area contributed by atoms with Gasteiger partial charge in [-0.2, -0.15) is 0 Å². The number of sulfone groups is 1. The second kappa shape index (κ2) is 4.11. The van der Waals surface area contributed by atoms with Crippen LogP contribution in [0.15, 0.2) is 35.2 Å². The molecule has 0 aromatic heterocycles. The topological polar surface area (TPSA) is 34.1 Å². The van der Waals surface area contributed by atoms with E-state index < -0.39 is 9.84 Å². The average molecular weight is 219 g/mol. The fraction of sp³-hybridized carbons (Fsp3) is 0.333. The van der Waals surface area contributed by atoms with Gasteiger partial charge in [0.1, 0.15) is 0 Å². The second-order valence-corrected chi connectivity index (χ2v) is 5.65. The van der Waals surface area contributed by atoms with Gasteiger partial charge in [-0.3, -0.25) is 0 Å². The summed E-state index contributed by atoms with van der Waals surface area (Å²) in [4.78, 5) is 0.336. The van der Waals surface area contributed by atoms with Crippen molar-refractivity contribution < 1.29 is 8.42 Å². The zero-order chi connectivity index (χ0) is 9.90. The second-order valence-electron chi connectivity index (χ2n) is 2.88. The monoisotopic (exact) mass is 218 g/mol. The van der Waals surface area contributed by atoms with Gasteiger partial charge in [-0.15, -0.1) is 11.6 Å². The highest BCUT2D eigenvalue weighted by molar-refractivity contribution is 7.91. The van der Waals surface area contributed by atoms with E-state index in [4.69, 9.17) is 11.6 Å². The highest BCUT2D eigenvalue weighted by atomic mass is 35.5. The quantitative estimate of drug-likeness (QED) is 0.729. The molecule has 2 nitrogen and oxygen atoms in total. The maximum Gasteiger partial charge on any atom is 0.179 e. The van der Waals surface area contributed by atoms with Crippen molar-refractivity contribution in [1.29, 1.82) is 0 Å². The minimum Gasteiger partial charge on any atom is -0.224 e. The Labute approximate surface area is 83.5 Å². The summed E-state index contributed by atoms with van der Waals surface area (Å²) in [5.41, 5.74) is 0. The lowest BCUT2D eigenvalue weighted by atomic mass is 10.4. The third-order valence-electron chi connectivity index (χ3n) is 1.55. The SMILES string of the molecule is CC(Cl)CS(=O)(=O)c1ccccc1. The number of rotatable bonds is 3. The van der Waals surface area contributed by atoms with E-state index in [1.54, 1.807) is 37.3 Å². The number of benzene rings is 1. The molecule has 1 atom stereocenters. The molecular formula is C9H11ClO2S. The molecule has 0 aliphatic carbocycles. The molecule has 0 heterocycles. The third kappa shape index (κ3) is 3.01. The minimum atomic E-state index is -3.19. The van der Waals surface area contributed by atoms with Crippen molar-refractivity contribution in [2.45, 2.75) is 17.2 Å². The minimum absolute atomic E-state index is 0.0153. The zero-order valence-electron chi connectivity index (χ0n) is 7.27. The predicted octanol–water partition coefficient (Wildman–Crippen LogP) is 2.09. The summed E-state index contributed by atoms with van der Waals surface area (Å²) in [5.74, 6) is -0.0153. The van der Waals surface area contributed by atoms with Gasteiger partial charge in [0.25, 0.3) is 0 Å². The van der Waals surface area contributed by atoms with Crippen LogP contribution < -0.4 is 0 Å². The van der Waals surface area contributed by atoms with Crippen LogP contribution in [-0.2, 0) is 9.84 Å². The highest BCUT2D eigenvalue weighted by Crippen LogP contribution is 2.12. The summed E-state index contributed by atoms with van der Waals surface area (Å²) in [6, 6.07) is 8.34. The molecule has 0 saturated carbocycles. The predicted molar refractivity (Wildman–Crippen MR) is 53.8 cm³/mol. The Morgan fingerprint density at radius 2 is 1.85 bits per heavy atom. The van der Waals surface area contributed by atoms with Crippen molar-refractivity contribution in [1.82, 2.24) is 0 Å². The van der Waals surface area contributed by atoms with Gasteiger partial charge in [0.05, 0.1) is 10.6 Å². The number of alkyl halides is 1. The maximum atomic E-state index is 11.6. The summed E-state index contributed by atoms with van der Waals surface area (Å²) < 4.78 is 23.1. The number of halogens is 1. The van der Waals surface area contributed by atoms with Crippen LogP contribution >= 0.6 is 11.6 Å². The van der Waals surface area contributed by atoms with Crippen molar-refractivity contribution in [3.8, 4) is 0 Å². The van der Waals surface area contributed by atoms with E-state index in [0.717, 1.165) is 0 Å². The van der Waals surface area contributed by atoms with Crippen molar-refractivity contribution >= 4 is 21.4 Å². The fourth-order valence-electron chi connectivity index (χ4n) is 1.03. The molecule has 13 heavy (non-hydrogen) atoms. The maximum absolute atomic E-state index is 11.6. The van der Waals surface area contributed by atoms with Crippen LogP contribution in [0, 0.1) is 0 Å². The molecule has 4 heteroatoms. The summed E-state index contributed by atoms with van der Waals surface area (Å²) in [5, 5.41) is -0.356. The fourth-order valence-corrected chi connectivity index (χ4v) is 2.89.